The maximum absolute atomic E-state index is 14.9. The van der Waals surface area contributed by atoms with E-state index in [1.807, 2.05) is 30.1 Å². The fraction of sp³-hybridized carbons (Fsp3) is 0.304. The quantitative estimate of drug-likeness (QED) is 0.343. The van der Waals surface area contributed by atoms with Crippen molar-refractivity contribution >= 4 is 54.8 Å². The predicted octanol–water partition coefficient (Wildman–Crippen LogP) is 5.19. The van der Waals surface area contributed by atoms with E-state index in [0.717, 1.165) is 26.1 Å². The first-order valence-corrected chi connectivity index (χ1v) is 14.2. The second kappa shape index (κ2) is 12.4. The number of hydrogen-bond donors (Lipinski definition) is 2. The number of anilines is 2. The molecule has 1 atom stereocenters. The van der Waals surface area contributed by atoms with Crippen LogP contribution in [0.5, 0.6) is 0 Å². The Balaban J connectivity index is 0.000000505. The van der Waals surface area contributed by atoms with Crippen LogP contribution in [0.3, 0.4) is 0 Å². The van der Waals surface area contributed by atoms with Crippen molar-refractivity contribution in [1.29, 1.82) is 0 Å². The van der Waals surface area contributed by atoms with Crippen LogP contribution in [-0.4, -0.2) is 61.7 Å². The molecule has 15 heteroatoms. The molecule has 0 amide bonds. The number of thiazole rings is 1. The number of nitrogens with zero attached hydrogens (tertiary/aromatic N) is 3. The molecule has 0 spiro atoms. The minimum atomic E-state index is -5.08. The largest absolute Gasteiger partial charge is 0.490 e. The number of carboxylic acids is 1. The van der Waals surface area contributed by atoms with Crippen LogP contribution in [-0.2, 0) is 21.4 Å². The number of sulfonamides is 1. The second-order valence-electron chi connectivity index (χ2n) is 8.29. The lowest BCUT2D eigenvalue weighted by Crippen LogP contribution is -2.34. The third kappa shape index (κ3) is 7.88. The number of alkyl halides is 3. The summed E-state index contributed by atoms with van der Waals surface area (Å²) in [5.41, 5.74) is 3.39. The second-order valence-corrected chi connectivity index (χ2v) is 11.5. The van der Waals surface area contributed by atoms with E-state index >= 15 is 0 Å². The lowest BCUT2D eigenvalue weighted by Gasteiger charge is -2.28. The zero-order chi connectivity index (χ0) is 28.1. The minimum absolute atomic E-state index is 0.172. The molecule has 3 aromatic rings. The Morgan fingerprint density at radius 2 is 1.95 bits per heavy atom. The summed E-state index contributed by atoms with van der Waals surface area (Å²) < 4.78 is 74.6. The molecule has 4 rings (SSSR count). The SMILES string of the molecule is CN(c1cc(F)c(S(=O)(=O)Nc2cscn2)cc1Br)[C@H]1CCN(Cc2ccccc2)C1.O=C(O)C(F)(F)F. The van der Waals surface area contributed by atoms with Crippen LogP contribution in [0.4, 0.5) is 29.1 Å². The van der Waals surface area contributed by atoms with Crippen molar-refractivity contribution in [2.24, 2.45) is 0 Å². The van der Waals surface area contributed by atoms with Crippen LogP contribution in [0.1, 0.15) is 12.0 Å². The van der Waals surface area contributed by atoms with E-state index < -0.39 is 32.9 Å². The Labute approximate surface area is 229 Å². The molecule has 38 heavy (non-hydrogen) atoms. The highest BCUT2D eigenvalue weighted by Crippen LogP contribution is 2.34. The van der Waals surface area contributed by atoms with E-state index in [2.05, 4.69) is 42.7 Å². The van der Waals surface area contributed by atoms with Gasteiger partial charge in [-0.1, -0.05) is 30.3 Å². The van der Waals surface area contributed by atoms with Crippen LogP contribution >= 0.6 is 27.3 Å². The Bertz CT molecular complexity index is 1340. The van der Waals surface area contributed by atoms with Gasteiger partial charge in [0.25, 0.3) is 10.0 Å². The topological polar surface area (TPSA) is 103 Å². The third-order valence-electron chi connectivity index (χ3n) is 5.63. The molecule has 0 bridgehead atoms. The van der Waals surface area contributed by atoms with Crippen molar-refractivity contribution in [3.05, 3.63) is 69.2 Å². The molecule has 1 fully saturated rings. The zero-order valence-electron chi connectivity index (χ0n) is 19.8. The molecule has 1 saturated heterocycles. The molecule has 0 saturated carbocycles. The average molecular weight is 639 g/mol. The van der Waals surface area contributed by atoms with Gasteiger partial charge >= 0.3 is 12.1 Å². The average Bonchev–Trinajstić information content (AvgIpc) is 3.52. The highest BCUT2D eigenvalue weighted by molar-refractivity contribution is 9.10. The van der Waals surface area contributed by atoms with Gasteiger partial charge in [0.1, 0.15) is 10.7 Å². The summed E-state index contributed by atoms with van der Waals surface area (Å²) in [7, 11) is -2.16. The van der Waals surface area contributed by atoms with Gasteiger partial charge in [0, 0.05) is 42.6 Å². The first-order valence-electron chi connectivity index (χ1n) is 11.0. The number of aliphatic carboxylic acids is 1. The number of likely N-dealkylation sites (N-methyl/N-ethyl adjacent to an activating group) is 1. The molecule has 8 nitrogen and oxygen atoms in total. The monoisotopic (exact) mass is 638 g/mol. The van der Waals surface area contributed by atoms with Gasteiger partial charge in [-0.25, -0.2) is 22.6 Å². The van der Waals surface area contributed by atoms with Gasteiger partial charge < -0.3 is 10.0 Å². The number of carboxylic acid groups (broad SMARTS) is 1. The van der Waals surface area contributed by atoms with Crippen molar-refractivity contribution in [3.63, 3.8) is 0 Å². The lowest BCUT2D eigenvalue weighted by molar-refractivity contribution is -0.192. The van der Waals surface area contributed by atoms with E-state index in [1.165, 1.54) is 34.5 Å². The van der Waals surface area contributed by atoms with E-state index in [9.17, 15) is 26.0 Å². The van der Waals surface area contributed by atoms with Crippen LogP contribution in [0.2, 0.25) is 0 Å². The van der Waals surface area contributed by atoms with Crippen LogP contribution in [0.25, 0.3) is 0 Å². The summed E-state index contributed by atoms with van der Waals surface area (Å²) in [5.74, 6) is -3.38. The number of likely N-dealkylation sites (tertiary alicyclic amines) is 1. The van der Waals surface area contributed by atoms with Gasteiger partial charge in [-0.05, 0) is 40.0 Å². The number of benzene rings is 2. The van der Waals surface area contributed by atoms with Gasteiger partial charge in [-0.3, -0.25) is 9.62 Å². The zero-order valence-corrected chi connectivity index (χ0v) is 23.0. The summed E-state index contributed by atoms with van der Waals surface area (Å²) in [6.45, 7) is 2.68. The Kier molecular flexibility index (Phi) is 9.73. The smallest absolute Gasteiger partial charge is 0.475 e. The van der Waals surface area contributed by atoms with E-state index in [4.69, 9.17) is 9.90 Å². The normalized spacial score (nSPS) is 16.0. The molecule has 2 heterocycles. The Morgan fingerprint density at radius 3 is 2.53 bits per heavy atom. The number of rotatable bonds is 7. The lowest BCUT2D eigenvalue weighted by atomic mass is 10.2. The van der Waals surface area contributed by atoms with E-state index in [1.54, 1.807) is 5.38 Å². The minimum Gasteiger partial charge on any atom is -0.475 e. The number of aromatic nitrogens is 1. The molecule has 1 aliphatic heterocycles. The first kappa shape index (κ1) is 29.8. The van der Waals surface area contributed by atoms with Gasteiger partial charge in [-0.15, -0.1) is 11.3 Å². The fourth-order valence-corrected chi connectivity index (χ4v) is 6.18. The van der Waals surface area contributed by atoms with Crippen molar-refractivity contribution in [3.8, 4) is 0 Å². The molecule has 0 radical (unpaired) electrons. The molecule has 2 N–H and O–H groups in total. The summed E-state index contributed by atoms with van der Waals surface area (Å²) in [6, 6.07) is 13.1. The number of halogens is 5. The van der Waals surface area contributed by atoms with Gasteiger partial charge in [-0.2, -0.15) is 13.2 Å². The van der Waals surface area contributed by atoms with Gasteiger partial charge in [0.05, 0.1) is 11.2 Å². The van der Waals surface area contributed by atoms with Crippen molar-refractivity contribution in [2.45, 2.75) is 30.1 Å². The predicted molar refractivity (Wildman–Crippen MR) is 139 cm³/mol. The number of carbonyl (C=O) groups is 1. The van der Waals surface area contributed by atoms with Gasteiger partial charge in [0.2, 0.25) is 0 Å². The van der Waals surface area contributed by atoms with Crippen LogP contribution < -0.4 is 9.62 Å². The fourth-order valence-electron chi connectivity index (χ4n) is 3.76. The van der Waals surface area contributed by atoms with Crippen molar-refractivity contribution in [1.82, 2.24) is 9.88 Å². The maximum Gasteiger partial charge on any atom is 0.490 e. The summed E-state index contributed by atoms with van der Waals surface area (Å²) in [4.78, 5) is 16.8. The van der Waals surface area contributed by atoms with Gasteiger partial charge in [0.15, 0.2) is 5.82 Å². The van der Waals surface area contributed by atoms with Crippen molar-refractivity contribution in [2.75, 3.05) is 29.8 Å². The summed E-state index contributed by atoms with van der Waals surface area (Å²) in [5, 5.41) is 8.67. The van der Waals surface area contributed by atoms with Crippen LogP contribution in [0.15, 0.2) is 62.7 Å². The van der Waals surface area contributed by atoms with E-state index in [-0.39, 0.29) is 11.9 Å². The highest BCUT2D eigenvalue weighted by Gasteiger charge is 2.38. The van der Waals surface area contributed by atoms with E-state index in [0.29, 0.717) is 10.2 Å². The third-order valence-corrected chi connectivity index (χ3v) is 8.22. The Hall–Kier alpha value is -2.75. The van der Waals surface area contributed by atoms with Crippen molar-refractivity contribution < 1.29 is 35.9 Å². The summed E-state index contributed by atoms with van der Waals surface area (Å²) >= 11 is 4.69. The molecular formula is C23H23BrF4N4O4S2. The molecule has 206 valence electrons. The number of nitrogens with one attached hydrogen (secondary N) is 1. The maximum atomic E-state index is 14.9. The molecule has 2 aromatic carbocycles. The standard InChI is InChI=1S/C21H22BrFN4O2S2.C2HF3O2/c1-26(16-7-8-27(12-16)11-15-5-3-2-4-6-15)19-10-18(23)20(9-17(19)22)31(28,29)25-21-13-30-14-24-21;3-2(4,5)1(6)7/h2-6,9-10,13-14,16,25H,7-8,11-12H2,1H3;(H,6,7)/t16-;/m0./s1. The number of hydrogen-bond acceptors (Lipinski definition) is 7. The molecule has 1 aromatic heterocycles. The molecule has 0 unspecified atom stereocenters. The highest BCUT2D eigenvalue weighted by atomic mass is 79.9. The molecular weight excluding hydrogens is 616 g/mol. The Morgan fingerprint density at radius 1 is 1.29 bits per heavy atom. The summed E-state index contributed by atoms with van der Waals surface area (Å²) in [6.07, 6.45) is -4.14. The molecule has 0 aliphatic carbocycles. The van der Waals surface area contributed by atoms with Crippen LogP contribution in [0, 0.1) is 5.82 Å². The molecule has 1 aliphatic rings. The first-order chi connectivity index (χ1) is 17.8.